The third-order valence-corrected chi connectivity index (χ3v) is 4.66. The summed E-state index contributed by atoms with van der Waals surface area (Å²) in [5.74, 6) is -3.51. The van der Waals surface area contributed by atoms with E-state index in [2.05, 4.69) is 0 Å². The van der Waals surface area contributed by atoms with Crippen molar-refractivity contribution >= 4 is 12.2 Å². The quantitative estimate of drug-likeness (QED) is 0.330. The molecule has 1 atom stereocenters. The second-order valence-corrected chi connectivity index (χ2v) is 6.76. The summed E-state index contributed by atoms with van der Waals surface area (Å²) < 4.78 is 67.8. The highest BCUT2D eigenvalue weighted by atomic mass is 19.4. The van der Waals surface area contributed by atoms with Crippen molar-refractivity contribution in [3.8, 4) is 6.07 Å². The Bertz CT molecular complexity index is 1050. The van der Waals surface area contributed by atoms with Gasteiger partial charge in [0.2, 0.25) is 0 Å². The van der Waals surface area contributed by atoms with Crippen molar-refractivity contribution < 1.29 is 22.0 Å². The minimum absolute atomic E-state index is 0.191. The number of hydrogen-bond acceptors (Lipinski definition) is 1. The van der Waals surface area contributed by atoms with Gasteiger partial charge in [0.05, 0.1) is 5.92 Å². The maximum atomic E-state index is 13.7. The Kier molecular flexibility index (Phi) is 6.31. The van der Waals surface area contributed by atoms with Crippen LogP contribution in [0.2, 0.25) is 0 Å². The van der Waals surface area contributed by atoms with Gasteiger partial charge in [0.1, 0.15) is 23.3 Å². The maximum Gasteiger partial charge on any atom is 0.396 e. The molecule has 0 radical (unpaired) electrons. The first-order chi connectivity index (χ1) is 14.3. The average Bonchev–Trinajstić information content (AvgIpc) is 2.71. The van der Waals surface area contributed by atoms with Crippen LogP contribution in [0.4, 0.5) is 22.0 Å². The van der Waals surface area contributed by atoms with E-state index in [9.17, 15) is 22.0 Å². The van der Waals surface area contributed by atoms with Gasteiger partial charge >= 0.3 is 6.18 Å². The number of nitriles is 1. The van der Waals surface area contributed by atoms with Crippen molar-refractivity contribution in [2.75, 3.05) is 0 Å². The van der Waals surface area contributed by atoms with Crippen LogP contribution < -0.4 is 0 Å². The first kappa shape index (κ1) is 21.3. The van der Waals surface area contributed by atoms with Crippen molar-refractivity contribution in [1.82, 2.24) is 0 Å². The van der Waals surface area contributed by atoms with Gasteiger partial charge in [0.25, 0.3) is 0 Å². The predicted octanol–water partition coefficient (Wildman–Crippen LogP) is 6.90. The van der Waals surface area contributed by atoms with E-state index in [1.54, 1.807) is 48.5 Å². The Morgan fingerprint density at radius 2 is 1.40 bits per heavy atom. The number of nitrogens with zero attached hydrogens (tertiary/aromatic N) is 1. The molecule has 0 heterocycles. The standard InChI is InChI=1S/C24H16F5N/c25-22-13-18(14-23(26)20(22)15-30)11-8-16-6-9-17(10-7-16)12-21(24(27,28)29)19-4-2-1-3-5-19/h1-11,13-14,21H,12H2/t21-/m0/s1. The molecule has 3 aromatic carbocycles. The smallest absolute Gasteiger partial charge is 0.205 e. The number of alkyl halides is 3. The SMILES string of the molecule is N#Cc1c(F)cc(C=Cc2ccc(C[C@@H](c3ccccc3)C(F)(F)F)cc2)cc1F. The third-order valence-electron chi connectivity index (χ3n) is 4.66. The molecule has 0 aliphatic heterocycles. The van der Waals surface area contributed by atoms with Crippen LogP contribution in [0.25, 0.3) is 12.2 Å². The molecule has 0 unspecified atom stereocenters. The summed E-state index contributed by atoms with van der Waals surface area (Å²) in [6.45, 7) is 0. The van der Waals surface area contributed by atoms with Gasteiger partial charge in [-0.1, -0.05) is 66.7 Å². The summed E-state index contributed by atoms with van der Waals surface area (Å²) in [5, 5.41) is 8.69. The van der Waals surface area contributed by atoms with E-state index in [0.717, 1.165) is 12.1 Å². The van der Waals surface area contributed by atoms with Crippen LogP contribution in [-0.4, -0.2) is 6.18 Å². The summed E-state index contributed by atoms with van der Waals surface area (Å²) in [6, 6.07) is 17.8. The van der Waals surface area contributed by atoms with E-state index in [0.29, 0.717) is 11.1 Å². The van der Waals surface area contributed by atoms with Crippen LogP contribution in [0.3, 0.4) is 0 Å². The monoisotopic (exact) mass is 413 g/mol. The molecule has 3 aromatic rings. The van der Waals surface area contributed by atoms with Crippen molar-refractivity contribution in [1.29, 1.82) is 5.26 Å². The molecule has 0 amide bonds. The molecule has 0 fully saturated rings. The van der Waals surface area contributed by atoms with Crippen molar-refractivity contribution in [3.63, 3.8) is 0 Å². The van der Waals surface area contributed by atoms with Crippen LogP contribution in [0.15, 0.2) is 66.7 Å². The maximum absolute atomic E-state index is 13.7. The fourth-order valence-electron chi connectivity index (χ4n) is 3.10. The van der Waals surface area contributed by atoms with Crippen LogP contribution in [-0.2, 0) is 6.42 Å². The van der Waals surface area contributed by atoms with Gasteiger partial charge in [-0.25, -0.2) is 8.78 Å². The van der Waals surface area contributed by atoms with Gasteiger partial charge in [0, 0.05) is 0 Å². The first-order valence-electron chi connectivity index (χ1n) is 9.06. The minimum Gasteiger partial charge on any atom is -0.205 e. The van der Waals surface area contributed by atoms with Crippen LogP contribution in [0.5, 0.6) is 0 Å². The van der Waals surface area contributed by atoms with E-state index in [4.69, 9.17) is 5.26 Å². The van der Waals surface area contributed by atoms with E-state index in [1.165, 1.54) is 24.3 Å². The van der Waals surface area contributed by atoms with E-state index < -0.39 is 29.3 Å². The molecule has 0 aromatic heterocycles. The van der Waals surface area contributed by atoms with Crippen molar-refractivity contribution in [2.45, 2.75) is 18.5 Å². The highest BCUT2D eigenvalue weighted by molar-refractivity contribution is 5.70. The Labute approximate surface area is 170 Å². The van der Waals surface area contributed by atoms with Gasteiger partial charge in [-0.15, -0.1) is 0 Å². The van der Waals surface area contributed by atoms with Gasteiger partial charge in [-0.2, -0.15) is 18.4 Å². The Morgan fingerprint density at radius 1 is 0.833 bits per heavy atom. The molecular weight excluding hydrogens is 397 g/mol. The largest absolute Gasteiger partial charge is 0.396 e. The lowest BCUT2D eigenvalue weighted by atomic mass is 9.91. The molecule has 30 heavy (non-hydrogen) atoms. The zero-order valence-corrected chi connectivity index (χ0v) is 15.6. The topological polar surface area (TPSA) is 23.8 Å². The Hall–Kier alpha value is -3.46. The molecule has 0 saturated carbocycles. The average molecular weight is 413 g/mol. The molecule has 152 valence electrons. The van der Waals surface area contributed by atoms with Gasteiger partial charge < -0.3 is 0 Å². The molecule has 0 bridgehead atoms. The van der Waals surface area contributed by atoms with Gasteiger partial charge in [0.15, 0.2) is 0 Å². The molecule has 6 heteroatoms. The first-order valence-corrected chi connectivity index (χ1v) is 9.06. The lowest BCUT2D eigenvalue weighted by molar-refractivity contribution is -0.150. The summed E-state index contributed by atoms with van der Waals surface area (Å²) in [4.78, 5) is 0. The van der Waals surface area contributed by atoms with Crippen LogP contribution in [0, 0.1) is 23.0 Å². The van der Waals surface area contributed by atoms with Crippen LogP contribution >= 0.6 is 0 Å². The lowest BCUT2D eigenvalue weighted by Gasteiger charge is -2.21. The lowest BCUT2D eigenvalue weighted by Crippen LogP contribution is -2.22. The van der Waals surface area contributed by atoms with Crippen LogP contribution in [0.1, 0.15) is 33.7 Å². The Morgan fingerprint density at radius 3 is 1.93 bits per heavy atom. The minimum atomic E-state index is -4.37. The molecule has 0 saturated heterocycles. The summed E-state index contributed by atoms with van der Waals surface area (Å²) in [5.41, 5.74) is 0.975. The van der Waals surface area contributed by atoms with E-state index in [-0.39, 0.29) is 17.5 Å². The summed E-state index contributed by atoms with van der Waals surface area (Å²) in [7, 11) is 0. The highest BCUT2D eigenvalue weighted by Crippen LogP contribution is 2.37. The Balaban J connectivity index is 1.76. The van der Waals surface area contributed by atoms with E-state index in [1.807, 2.05) is 0 Å². The molecule has 3 rings (SSSR count). The zero-order valence-electron chi connectivity index (χ0n) is 15.6. The molecule has 0 spiro atoms. The van der Waals surface area contributed by atoms with E-state index >= 15 is 0 Å². The fraction of sp³-hybridized carbons (Fsp3) is 0.125. The number of halogens is 5. The molecule has 1 nitrogen and oxygen atoms in total. The second-order valence-electron chi connectivity index (χ2n) is 6.76. The van der Waals surface area contributed by atoms with Gasteiger partial charge in [-0.05, 0) is 40.8 Å². The summed E-state index contributed by atoms with van der Waals surface area (Å²) >= 11 is 0. The fourth-order valence-corrected chi connectivity index (χ4v) is 3.10. The second kappa shape index (κ2) is 8.91. The zero-order chi connectivity index (χ0) is 21.7. The summed E-state index contributed by atoms with van der Waals surface area (Å²) in [6.07, 6.45) is -1.51. The number of hydrogen-bond donors (Lipinski definition) is 0. The molecule has 0 aliphatic rings. The third kappa shape index (κ3) is 5.12. The molecule has 0 aliphatic carbocycles. The number of rotatable bonds is 5. The number of benzene rings is 3. The molecule has 0 N–H and O–H groups in total. The molecular formula is C24H16F5N. The van der Waals surface area contributed by atoms with Crippen molar-refractivity contribution in [3.05, 3.63) is 106 Å². The van der Waals surface area contributed by atoms with Crippen molar-refractivity contribution in [2.24, 2.45) is 0 Å². The highest BCUT2D eigenvalue weighted by Gasteiger charge is 2.40. The van der Waals surface area contributed by atoms with Gasteiger partial charge in [-0.3, -0.25) is 0 Å². The normalized spacial score (nSPS) is 12.7. The predicted molar refractivity (Wildman–Crippen MR) is 105 cm³/mol.